The molecule has 1 aromatic heterocycles. The molecule has 0 unspecified atom stereocenters. The first-order valence-electron chi connectivity index (χ1n) is 14.5. The van der Waals surface area contributed by atoms with Crippen LogP contribution < -0.4 is 25.6 Å². The van der Waals surface area contributed by atoms with Gasteiger partial charge in [0.2, 0.25) is 17.8 Å². The summed E-state index contributed by atoms with van der Waals surface area (Å²) in [5, 5.41) is 26.5. The first-order valence-corrected chi connectivity index (χ1v) is 14.5. The number of piperazine rings is 1. The fourth-order valence-electron chi connectivity index (χ4n) is 4.27. The van der Waals surface area contributed by atoms with Crippen molar-refractivity contribution in [1.82, 2.24) is 20.3 Å². The van der Waals surface area contributed by atoms with E-state index in [1.54, 1.807) is 24.3 Å². The lowest BCUT2D eigenvalue weighted by Crippen LogP contribution is -2.44. The van der Waals surface area contributed by atoms with Gasteiger partial charge in [-0.15, -0.1) is 0 Å². The molecule has 5 N–H and O–H groups in total. The maximum absolute atomic E-state index is 12.9. The number of carboxylic acids is 1. The number of carbonyl (C=O) groups is 1. The van der Waals surface area contributed by atoms with Crippen molar-refractivity contribution >= 4 is 23.8 Å². The van der Waals surface area contributed by atoms with Crippen LogP contribution >= 0.6 is 0 Å². The van der Waals surface area contributed by atoms with E-state index in [1.165, 1.54) is 12.1 Å². The molecule has 0 bridgehead atoms. The van der Waals surface area contributed by atoms with Crippen molar-refractivity contribution in [3.63, 3.8) is 0 Å². The van der Waals surface area contributed by atoms with Gasteiger partial charge in [-0.2, -0.15) is 41.3 Å². The maximum atomic E-state index is 12.9. The van der Waals surface area contributed by atoms with Crippen LogP contribution in [-0.2, 0) is 23.9 Å². The lowest BCUT2D eigenvalue weighted by Gasteiger charge is -2.27. The summed E-state index contributed by atoms with van der Waals surface area (Å²) in [6.45, 7) is 4.08. The van der Waals surface area contributed by atoms with Crippen molar-refractivity contribution in [2.75, 3.05) is 48.3 Å². The van der Waals surface area contributed by atoms with E-state index in [2.05, 4.69) is 35.8 Å². The molecule has 256 valence electrons. The first-order chi connectivity index (χ1) is 22.8. The van der Waals surface area contributed by atoms with Crippen LogP contribution in [0.1, 0.15) is 16.7 Å². The zero-order valence-electron chi connectivity index (χ0n) is 25.1. The number of benzene rings is 3. The predicted octanol–water partition coefficient (Wildman–Crippen LogP) is 5.70. The third kappa shape index (κ3) is 10.9. The fourth-order valence-corrected chi connectivity index (χ4v) is 4.27. The van der Waals surface area contributed by atoms with Gasteiger partial charge in [0.15, 0.2) is 0 Å². The van der Waals surface area contributed by atoms with E-state index in [0.29, 0.717) is 48.9 Å². The Kier molecular flexibility index (Phi) is 11.8. The molecule has 1 aliphatic rings. The number of phenols is 1. The Hall–Kier alpha value is -5.32. The minimum atomic E-state index is -5.08. The molecule has 0 amide bonds. The third-order valence-electron chi connectivity index (χ3n) is 6.72. The van der Waals surface area contributed by atoms with Crippen molar-refractivity contribution < 1.29 is 46.1 Å². The molecule has 1 fully saturated rings. The summed E-state index contributed by atoms with van der Waals surface area (Å²) in [5.74, 6) is -0.357. The number of para-hydroxylation sites is 1. The lowest BCUT2D eigenvalue weighted by molar-refractivity contribution is -0.192. The van der Waals surface area contributed by atoms with Crippen LogP contribution in [0.3, 0.4) is 0 Å². The predicted molar refractivity (Wildman–Crippen MR) is 164 cm³/mol. The van der Waals surface area contributed by atoms with Gasteiger partial charge in [0.05, 0.1) is 5.56 Å². The minimum Gasteiger partial charge on any atom is -0.508 e. The zero-order valence-corrected chi connectivity index (χ0v) is 25.1. The summed E-state index contributed by atoms with van der Waals surface area (Å²) < 4.78 is 76.4. The standard InChI is InChI=1S/C29H30F3N7O2.C2HF3O2/c30-29(31,32)22-7-11-24(12-8-22)41-25-4-2-1-3-21(25)19-35-27-36-26(34-14-13-20-5-9-23(40)10-6-20)37-28(38-27)39-17-15-33-16-18-39;3-2(4,5)1(6)7/h1-12,33,40H,13-19H2,(H2,34,35,36,37,38);(H,6,7). The van der Waals surface area contributed by atoms with Gasteiger partial charge in [-0.3, -0.25) is 0 Å². The van der Waals surface area contributed by atoms with Crippen LogP contribution in [0.4, 0.5) is 44.2 Å². The number of carboxylic acid groups (broad SMARTS) is 1. The molecule has 3 aromatic carbocycles. The van der Waals surface area contributed by atoms with Gasteiger partial charge in [0, 0.05) is 44.8 Å². The topological polar surface area (TPSA) is 145 Å². The second-order valence-corrected chi connectivity index (χ2v) is 10.3. The molecule has 17 heteroatoms. The van der Waals surface area contributed by atoms with Crippen LogP contribution in [0.15, 0.2) is 72.8 Å². The normalized spacial score (nSPS) is 13.2. The number of hydrogen-bond acceptors (Lipinski definition) is 10. The van der Waals surface area contributed by atoms with Gasteiger partial charge in [0.25, 0.3) is 0 Å². The first kappa shape index (κ1) is 35.5. The van der Waals surface area contributed by atoms with Crippen molar-refractivity contribution in [3.8, 4) is 17.2 Å². The second kappa shape index (κ2) is 16.0. The van der Waals surface area contributed by atoms with E-state index in [1.807, 2.05) is 24.3 Å². The van der Waals surface area contributed by atoms with Crippen LogP contribution in [-0.4, -0.2) is 70.0 Å². The Morgan fingerprint density at radius 3 is 2.06 bits per heavy atom. The Balaban J connectivity index is 0.000000671. The molecule has 0 spiro atoms. The van der Waals surface area contributed by atoms with Gasteiger partial charge in [0.1, 0.15) is 17.2 Å². The second-order valence-electron chi connectivity index (χ2n) is 10.3. The number of ether oxygens (including phenoxy) is 1. The maximum Gasteiger partial charge on any atom is 0.490 e. The van der Waals surface area contributed by atoms with Gasteiger partial charge in [-0.25, -0.2) is 4.79 Å². The summed E-state index contributed by atoms with van der Waals surface area (Å²) in [6.07, 6.45) is -8.78. The third-order valence-corrected chi connectivity index (χ3v) is 6.72. The number of anilines is 3. The molecule has 0 radical (unpaired) electrons. The Labute approximate surface area is 270 Å². The van der Waals surface area contributed by atoms with Gasteiger partial charge >= 0.3 is 18.3 Å². The molecular formula is C31H31F6N7O4. The number of aliphatic carboxylic acids is 1. The molecule has 4 aromatic rings. The Morgan fingerprint density at radius 2 is 1.46 bits per heavy atom. The fraction of sp³-hybridized carbons (Fsp3) is 0.290. The molecule has 48 heavy (non-hydrogen) atoms. The Bertz CT molecular complexity index is 1630. The van der Waals surface area contributed by atoms with Gasteiger partial charge in [-0.05, 0) is 54.4 Å². The van der Waals surface area contributed by atoms with Crippen molar-refractivity contribution in [3.05, 3.63) is 89.5 Å². The van der Waals surface area contributed by atoms with Gasteiger partial charge in [-0.1, -0.05) is 30.3 Å². The molecule has 11 nitrogen and oxygen atoms in total. The average molecular weight is 680 g/mol. The highest BCUT2D eigenvalue weighted by Crippen LogP contribution is 2.32. The van der Waals surface area contributed by atoms with Crippen molar-refractivity contribution in [2.24, 2.45) is 0 Å². The highest BCUT2D eigenvalue weighted by Gasteiger charge is 2.38. The summed E-state index contributed by atoms with van der Waals surface area (Å²) >= 11 is 0. The number of nitrogens with one attached hydrogen (secondary N) is 3. The average Bonchev–Trinajstić information content (AvgIpc) is 3.05. The molecule has 1 aliphatic heterocycles. The summed E-state index contributed by atoms with van der Waals surface area (Å²) in [4.78, 5) is 24.8. The quantitative estimate of drug-likeness (QED) is 0.132. The highest BCUT2D eigenvalue weighted by atomic mass is 19.4. The SMILES string of the molecule is O=C(O)C(F)(F)F.Oc1ccc(CCNc2nc(NCc3ccccc3Oc3ccc(C(F)(F)F)cc3)nc(N3CCNCC3)n2)cc1. The minimum absolute atomic E-state index is 0.224. The van der Waals surface area contributed by atoms with E-state index < -0.39 is 23.9 Å². The van der Waals surface area contributed by atoms with E-state index >= 15 is 0 Å². The van der Waals surface area contributed by atoms with E-state index in [-0.39, 0.29) is 5.75 Å². The molecule has 0 aliphatic carbocycles. The Morgan fingerprint density at radius 1 is 0.854 bits per heavy atom. The summed E-state index contributed by atoms with van der Waals surface area (Å²) in [7, 11) is 0. The van der Waals surface area contributed by atoms with Crippen molar-refractivity contribution in [1.29, 1.82) is 0 Å². The van der Waals surface area contributed by atoms with Gasteiger partial charge < -0.3 is 35.8 Å². The number of halogens is 6. The summed E-state index contributed by atoms with van der Waals surface area (Å²) in [6, 6.07) is 18.9. The molecule has 2 heterocycles. The monoisotopic (exact) mass is 679 g/mol. The summed E-state index contributed by atoms with van der Waals surface area (Å²) in [5.41, 5.74) is 1.11. The number of hydrogen-bond donors (Lipinski definition) is 5. The number of phenolic OH excluding ortho intramolecular Hbond substituents is 1. The van der Waals surface area contributed by atoms with Crippen LogP contribution in [0, 0.1) is 0 Å². The molecule has 0 saturated carbocycles. The van der Waals surface area contributed by atoms with Crippen molar-refractivity contribution in [2.45, 2.75) is 25.3 Å². The number of rotatable bonds is 10. The molecule has 0 atom stereocenters. The van der Waals surface area contributed by atoms with Crippen LogP contribution in [0.2, 0.25) is 0 Å². The van der Waals surface area contributed by atoms with E-state index in [0.717, 1.165) is 49.4 Å². The lowest BCUT2D eigenvalue weighted by atomic mass is 10.1. The largest absolute Gasteiger partial charge is 0.508 e. The number of aromatic hydroxyl groups is 1. The molecular weight excluding hydrogens is 648 g/mol. The molecule has 1 saturated heterocycles. The molecule has 5 rings (SSSR count). The number of nitrogens with zero attached hydrogens (tertiary/aromatic N) is 4. The van der Waals surface area contributed by atoms with E-state index in [4.69, 9.17) is 14.6 Å². The number of alkyl halides is 6. The highest BCUT2D eigenvalue weighted by molar-refractivity contribution is 5.73. The van der Waals surface area contributed by atoms with Crippen LogP contribution in [0.5, 0.6) is 17.2 Å². The van der Waals surface area contributed by atoms with Crippen LogP contribution in [0.25, 0.3) is 0 Å². The zero-order chi connectivity index (χ0) is 34.7. The van der Waals surface area contributed by atoms with E-state index in [9.17, 15) is 31.4 Å². The number of aromatic nitrogens is 3. The smallest absolute Gasteiger partial charge is 0.490 e.